The summed E-state index contributed by atoms with van der Waals surface area (Å²) in [5.41, 5.74) is 0.503. The third-order valence-electron chi connectivity index (χ3n) is 4.40. The van der Waals surface area contributed by atoms with Crippen LogP contribution in [0.25, 0.3) is 0 Å². The fourth-order valence-corrected chi connectivity index (χ4v) is 3.04. The number of carboxylic acid groups (broad SMARTS) is 1. The van der Waals surface area contributed by atoms with Crippen molar-refractivity contribution >= 4 is 5.97 Å². The van der Waals surface area contributed by atoms with Gasteiger partial charge in [-0.1, -0.05) is 13.0 Å². The first kappa shape index (κ1) is 16.8. The van der Waals surface area contributed by atoms with E-state index in [4.69, 9.17) is 5.11 Å². The van der Waals surface area contributed by atoms with E-state index in [9.17, 15) is 13.6 Å². The molecule has 1 fully saturated rings. The van der Waals surface area contributed by atoms with Gasteiger partial charge in [0.25, 0.3) is 0 Å². The summed E-state index contributed by atoms with van der Waals surface area (Å²) in [7, 11) is 0. The third-order valence-corrected chi connectivity index (χ3v) is 4.40. The summed E-state index contributed by atoms with van der Waals surface area (Å²) in [4.78, 5) is 15.1. The van der Waals surface area contributed by atoms with Crippen molar-refractivity contribution in [1.29, 1.82) is 0 Å². The minimum Gasteiger partial charge on any atom is -0.480 e. The molecule has 0 aliphatic carbocycles. The van der Waals surface area contributed by atoms with Gasteiger partial charge >= 0.3 is 5.97 Å². The molecule has 0 bridgehead atoms. The van der Waals surface area contributed by atoms with Crippen molar-refractivity contribution in [3.8, 4) is 0 Å². The van der Waals surface area contributed by atoms with E-state index in [-0.39, 0.29) is 6.04 Å². The first-order chi connectivity index (χ1) is 10.4. The number of hydrogen-bond acceptors (Lipinski definition) is 3. The highest BCUT2D eigenvalue weighted by Gasteiger charge is 2.29. The lowest BCUT2D eigenvalue weighted by molar-refractivity contribution is -0.143. The lowest BCUT2D eigenvalue weighted by Crippen LogP contribution is -2.52. The van der Waals surface area contributed by atoms with Gasteiger partial charge in [0.15, 0.2) is 0 Å². The van der Waals surface area contributed by atoms with Crippen LogP contribution in [0.3, 0.4) is 0 Å². The molecule has 1 aromatic rings. The van der Waals surface area contributed by atoms with Crippen molar-refractivity contribution in [2.45, 2.75) is 32.4 Å². The number of carbonyl (C=O) groups is 1. The zero-order chi connectivity index (χ0) is 16.3. The topological polar surface area (TPSA) is 43.8 Å². The summed E-state index contributed by atoms with van der Waals surface area (Å²) in [6.07, 6.45) is 0.719. The van der Waals surface area contributed by atoms with Crippen LogP contribution >= 0.6 is 0 Å². The maximum Gasteiger partial charge on any atom is 0.320 e. The van der Waals surface area contributed by atoms with Crippen molar-refractivity contribution in [2.24, 2.45) is 0 Å². The van der Waals surface area contributed by atoms with Gasteiger partial charge in [0.05, 0.1) is 0 Å². The van der Waals surface area contributed by atoms with Crippen molar-refractivity contribution in [3.05, 3.63) is 35.4 Å². The molecule has 0 saturated carbocycles. The predicted molar refractivity (Wildman–Crippen MR) is 79.6 cm³/mol. The molecule has 22 heavy (non-hydrogen) atoms. The Hall–Kier alpha value is -1.53. The first-order valence-electron chi connectivity index (χ1n) is 7.60. The van der Waals surface area contributed by atoms with E-state index in [1.807, 2.05) is 11.8 Å². The number of aliphatic carboxylic acids is 1. The van der Waals surface area contributed by atoms with Gasteiger partial charge in [0.2, 0.25) is 0 Å². The molecule has 4 nitrogen and oxygen atoms in total. The van der Waals surface area contributed by atoms with Crippen LogP contribution in [0, 0.1) is 11.6 Å². The maximum absolute atomic E-state index is 14.0. The summed E-state index contributed by atoms with van der Waals surface area (Å²) in [5, 5.41) is 9.06. The fraction of sp³-hybridized carbons (Fsp3) is 0.562. The molecule has 2 rings (SSSR count). The van der Waals surface area contributed by atoms with E-state index in [1.165, 1.54) is 12.1 Å². The SMILES string of the molecule is CC[C@@H](c1ccc(F)cc1F)N1CCN([C@@H](C)C(=O)O)CC1. The third kappa shape index (κ3) is 3.62. The molecule has 1 N–H and O–H groups in total. The predicted octanol–water partition coefficient (Wildman–Crippen LogP) is 2.51. The maximum atomic E-state index is 14.0. The normalized spacial score (nSPS) is 19.8. The minimum absolute atomic E-state index is 0.108. The van der Waals surface area contributed by atoms with E-state index < -0.39 is 23.6 Å². The van der Waals surface area contributed by atoms with Gasteiger partial charge < -0.3 is 5.11 Å². The van der Waals surface area contributed by atoms with E-state index in [0.717, 1.165) is 12.5 Å². The minimum atomic E-state index is -0.829. The van der Waals surface area contributed by atoms with E-state index in [1.54, 1.807) is 6.92 Å². The molecule has 1 aliphatic heterocycles. The molecule has 1 heterocycles. The Kier molecular flexibility index (Phi) is 5.47. The number of carboxylic acids is 1. The quantitative estimate of drug-likeness (QED) is 0.907. The lowest BCUT2D eigenvalue weighted by atomic mass is 10.0. The number of benzene rings is 1. The van der Waals surface area contributed by atoms with Gasteiger partial charge in [-0.15, -0.1) is 0 Å². The summed E-state index contributed by atoms with van der Waals surface area (Å²) in [5.74, 6) is -1.92. The molecular formula is C16H22F2N2O2. The number of piperazine rings is 1. The van der Waals surface area contributed by atoms with Gasteiger partial charge in [-0.05, 0) is 19.4 Å². The molecule has 1 aliphatic rings. The fourth-order valence-electron chi connectivity index (χ4n) is 3.04. The van der Waals surface area contributed by atoms with Crippen molar-refractivity contribution < 1.29 is 18.7 Å². The average Bonchev–Trinajstić information content (AvgIpc) is 2.50. The number of halogens is 2. The Balaban J connectivity index is 2.06. The zero-order valence-corrected chi connectivity index (χ0v) is 12.9. The molecule has 0 unspecified atom stereocenters. The highest BCUT2D eigenvalue weighted by molar-refractivity contribution is 5.72. The second kappa shape index (κ2) is 7.15. The van der Waals surface area contributed by atoms with Crippen LogP contribution in [0.4, 0.5) is 8.78 Å². The van der Waals surface area contributed by atoms with Crippen LogP contribution in [0.2, 0.25) is 0 Å². The van der Waals surface area contributed by atoms with Gasteiger partial charge in [-0.25, -0.2) is 8.78 Å². The highest BCUT2D eigenvalue weighted by atomic mass is 19.1. The van der Waals surface area contributed by atoms with Crippen LogP contribution in [0.5, 0.6) is 0 Å². The van der Waals surface area contributed by atoms with Crippen molar-refractivity contribution in [2.75, 3.05) is 26.2 Å². The molecule has 0 aromatic heterocycles. The molecule has 0 radical (unpaired) electrons. The Bertz CT molecular complexity index is 531. The Morgan fingerprint density at radius 3 is 2.32 bits per heavy atom. The van der Waals surface area contributed by atoms with Gasteiger partial charge in [-0.3, -0.25) is 14.6 Å². The van der Waals surface area contributed by atoms with Crippen molar-refractivity contribution in [1.82, 2.24) is 9.80 Å². The molecular weight excluding hydrogens is 290 g/mol. The smallest absolute Gasteiger partial charge is 0.320 e. The van der Waals surface area contributed by atoms with E-state index >= 15 is 0 Å². The molecule has 0 amide bonds. The summed E-state index contributed by atoms with van der Waals surface area (Å²) in [6.45, 7) is 6.26. The van der Waals surface area contributed by atoms with E-state index in [2.05, 4.69) is 4.90 Å². The second-order valence-corrected chi connectivity index (χ2v) is 5.68. The largest absolute Gasteiger partial charge is 0.480 e. The second-order valence-electron chi connectivity index (χ2n) is 5.68. The summed E-state index contributed by atoms with van der Waals surface area (Å²) < 4.78 is 27.1. The van der Waals surface area contributed by atoms with Crippen LogP contribution < -0.4 is 0 Å². The zero-order valence-electron chi connectivity index (χ0n) is 12.9. The van der Waals surface area contributed by atoms with Crippen molar-refractivity contribution in [3.63, 3.8) is 0 Å². The van der Waals surface area contributed by atoms with Gasteiger partial charge in [0.1, 0.15) is 17.7 Å². The van der Waals surface area contributed by atoms with Gasteiger partial charge in [0, 0.05) is 43.9 Å². The molecule has 1 aromatic carbocycles. The van der Waals surface area contributed by atoms with Crippen LogP contribution in [-0.2, 0) is 4.79 Å². The van der Waals surface area contributed by atoms with E-state index in [0.29, 0.717) is 31.7 Å². The summed E-state index contributed by atoms with van der Waals surface area (Å²) >= 11 is 0. The Morgan fingerprint density at radius 2 is 1.82 bits per heavy atom. The van der Waals surface area contributed by atoms with Crippen LogP contribution in [-0.4, -0.2) is 53.1 Å². The first-order valence-corrected chi connectivity index (χ1v) is 7.60. The molecule has 122 valence electrons. The standard InChI is InChI=1S/C16H22F2N2O2/c1-3-15(13-5-4-12(17)10-14(13)18)20-8-6-19(7-9-20)11(2)16(21)22/h4-5,10-11,15H,3,6-9H2,1-2H3,(H,21,22)/t11-,15-/m0/s1. The van der Waals surface area contributed by atoms with Gasteiger partial charge in [-0.2, -0.15) is 0 Å². The van der Waals surface area contributed by atoms with Crippen LogP contribution in [0.1, 0.15) is 31.9 Å². The Labute approximate surface area is 129 Å². The molecule has 2 atom stereocenters. The molecule has 1 saturated heterocycles. The highest BCUT2D eigenvalue weighted by Crippen LogP contribution is 2.28. The number of hydrogen-bond donors (Lipinski definition) is 1. The summed E-state index contributed by atoms with van der Waals surface area (Å²) in [6, 6.07) is 3.09. The number of rotatable bonds is 5. The average molecular weight is 312 g/mol. The molecule has 6 heteroatoms. The lowest BCUT2D eigenvalue weighted by Gasteiger charge is -2.40. The Morgan fingerprint density at radius 1 is 1.23 bits per heavy atom. The monoisotopic (exact) mass is 312 g/mol. The van der Waals surface area contributed by atoms with Crippen LogP contribution in [0.15, 0.2) is 18.2 Å². The number of nitrogens with zero attached hydrogens (tertiary/aromatic N) is 2. The molecule has 0 spiro atoms.